The van der Waals surface area contributed by atoms with Crippen molar-refractivity contribution in [2.75, 3.05) is 13.6 Å². The number of Topliss-reactive ketones (excluding diaryl/α,β-unsaturated/α-hetero) is 1. The lowest BCUT2D eigenvalue weighted by molar-refractivity contribution is -0.124. The van der Waals surface area contributed by atoms with Crippen molar-refractivity contribution in [3.05, 3.63) is 40.4 Å². The molecule has 0 aromatic heterocycles. The van der Waals surface area contributed by atoms with Crippen LogP contribution in [-0.2, 0) is 4.79 Å². The zero-order valence-corrected chi connectivity index (χ0v) is 15.3. The van der Waals surface area contributed by atoms with Crippen LogP contribution in [0.25, 0.3) is 0 Å². The normalized spacial score (nSPS) is 19.1. The molecule has 0 spiro atoms. The summed E-state index contributed by atoms with van der Waals surface area (Å²) in [7, 11) is 1.66. The number of phenolic OH excluding ortho intramolecular Hbond substituents is 1. The first-order valence-electron chi connectivity index (χ1n) is 8.06. The number of carbonyl (C=O) groups is 2. The smallest absolute Gasteiger partial charge is 0.257 e. The van der Waals surface area contributed by atoms with Crippen molar-refractivity contribution < 1.29 is 14.7 Å². The van der Waals surface area contributed by atoms with Crippen molar-refractivity contribution in [1.29, 1.82) is 5.26 Å². The van der Waals surface area contributed by atoms with Crippen molar-refractivity contribution in [2.45, 2.75) is 26.7 Å². The van der Waals surface area contributed by atoms with Crippen molar-refractivity contribution in [2.24, 2.45) is 11.3 Å². The first kappa shape index (κ1) is 19.0. The summed E-state index contributed by atoms with van der Waals surface area (Å²) in [6.45, 7) is 4.13. The molecule has 132 valence electrons. The molecule has 1 atom stereocenters. The van der Waals surface area contributed by atoms with E-state index in [1.807, 2.05) is 19.9 Å². The van der Waals surface area contributed by atoms with Gasteiger partial charge in [-0.15, -0.1) is 0 Å². The van der Waals surface area contributed by atoms with Crippen LogP contribution in [0.4, 0.5) is 0 Å². The molecule has 0 fully saturated rings. The van der Waals surface area contributed by atoms with E-state index in [-0.39, 0.29) is 34.5 Å². The lowest BCUT2D eigenvalue weighted by Gasteiger charge is -2.32. The summed E-state index contributed by atoms with van der Waals surface area (Å²) in [5.74, 6) is -0.525. The molecular weight excluding hydrogens is 340 g/mol. The molecule has 25 heavy (non-hydrogen) atoms. The number of amides is 1. The molecule has 1 N–H and O–H groups in total. The van der Waals surface area contributed by atoms with Gasteiger partial charge in [-0.2, -0.15) is 5.26 Å². The van der Waals surface area contributed by atoms with E-state index < -0.39 is 5.41 Å². The lowest BCUT2D eigenvalue weighted by Crippen LogP contribution is -2.34. The maximum Gasteiger partial charge on any atom is 0.257 e. The number of hydrogen-bond acceptors (Lipinski definition) is 4. The van der Waals surface area contributed by atoms with E-state index in [9.17, 15) is 14.7 Å². The maximum absolute atomic E-state index is 12.5. The molecule has 1 aliphatic carbocycles. The van der Waals surface area contributed by atoms with Crippen molar-refractivity contribution in [1.82, 2.24) is 4.90 Å². The van der Waals surface area contributed by atoms with Crippen LogP contribution in [0.3, 0.4) is 0 Å². The van der Waals surface area contributed by atoms with Crippen molar-refractivity contribution in [3.63, 3.8) is 0 Å². The predicted octanol–water partition coefficient (Wildman–Crippen LogP) is 3.57. The second-order valence-electron chi connectivity index (χ2n) is 7.05. The number of benzene rings is 1. The standard InChI is InChI=1S/C19H21ClN2O3/c1-19(2)10-12(8-13(11-21)17(19)24)6-7-22(3)18(25)15-5-4-14(20)9-16(15)23/h4-5,8-9,12,23H,6-7,10H2,1-3H3/t12-/m0/s1. The second-order valence-corrected chi connectivity index (χ2v) is 7.48. The monoisotopic (exact) mass is 360 g/mol. The van der Waals surface area contributed by atoms with E-state index in [0.717, 1.165) is 0 Å². The predicted molar refractivity (Wildman–Crippen MR) is 95.3 cm³/mol. The Labute approximate surface area is 152 Å². The highest BCUT2D eigenvalue weighted by Crippen LogP contribution is 2.36. The molecule has 6 heteroatoms. The Kier molecular flexibility index (Phi) is 5.54. The number of phenols is 1. The highest BCUT2D eigenvalue weighted by molar-refractivity contribution is 6.30. The van der Waals surface area contributed by atoms with Gasteiger partial charge in [-0.25, -0.2) is 0 Å². The number of nitrogens with zero attached hydrogens (tertiary/aromatic N) is 2. The van der Waals surface area contributed by atoms with Gasteiger partial charge in [0.25, 0.3) is 5.91 Å². The third-order valence-corrected chi connectivity index (χ3v) is 4.76. The van der Waals surface area contributed by atoms with Gasteiger partial charge in [-0.1, -0.05) is 31.5 Å². The largest absolute Gasteiger partial charge is 0.507 e. The Morgan fingerprint density at radius 1 is 1.48 bits per heavy atom. The second kappa shape index (κ2) is 7.28. The number of halogens is 1. The van der Waals surface area contributed by atoms with Crippen LogP contribution in [0, 0.1) is 22.7 Å². The summed E-state index contributed by atoms with van der Waals surface area (Å²) in [6.07, 6.45) is 3.00. The Bertz CT molecular complexity index is 777. The van der Waals surface area contributed by atoms with E-state index in [1.165, 1.54) is 17.0 Å². The number of hydrogen-bond donors (Lipinski definition) is 1. The molecule has 1 aromatic rings. The third-order valence-electron chi connectivity index (χ3n) is 4.53. The van der Waals surface area contributed by atoms with Gasteiger partial charge in [0.1, 0.15) is 11.8 Å². The molecule has 1 aliphatic rings. The molecule has 5 nitrogen and oxygen atoms in total. The minimum absolute atomic E-state index is 0.0522. The summed E-state index contributed by atoms with van der Waals surface area (Å²) in [5, 5.41) is 19.4. The fraction of sp³-hybridized carbons (Fsp3) is 0.421. The van der Waals surface area contributed by atoms with E-state index in [4.69, 9.17) is 16.9 Å². The average Bonchev–Trinajstić information content (AvgIpc) is 2.54. The van der Waals surface area contributed by atoms with Crippen molar-refractivity contribution in [3.8, 4) is 11.8 Å². The van der Waals surface area contributed by atoms with Crippen LogP contribution in [0.2, 0.25) is 5.02 Å². The molecule has 0 bridgehead atoms. The van der Waals surface area contributed by atoms with Gasteiger partial charge < -0.3 is 10.0 Å². The maximum atomic E-state index is 12.5. The van der Waals surface area contributed by atoms with Crippen LogP contribution in [0.5, 0.6) is 5.75 Å². The SMILES string of the molecule is CN(CC[C@H]1C=C(C#N)C(=O)C(C)(C)C1)C(=O)c1ccc(Cl)cc1O. The highest BCUT2D eigenvalue weighted by atomic mass is 35.5. The molecule has 0 unspecified atom stereocenters. The summed E-state index contributed by atoms with van der Waals surface area (Å²) < 4.78 is 0. The average molecular weight is 361 g/mol. The minimum Gasteiger partial charge on any atom is -0.507 e. The van der Waals surface area contributed by atoms with Crippen LogP contribution in [-0.4, -0.2) is 35.3 Å². The number of allylic oxidation sites excluding steroid dienone is 2. The Balaban J connectivity index is 2.05. The van der Waals surface area contributed by atoms with Gasteiger partial charge in [0.15, 0.2) is 5.78 Å². The fourth-order valence-corrected chi connectivity index (χ4v) is 3.28. The molecule has 1 aromatic carbocycles. The molecule has 0 saturated carbocycles. The van der Waals surface area contributed by atoms with Gasteiger partial charge in [0.05, 0.1) is 11.1 Å². The van der Waals surface area contributed by atoms with E-state index in [0.29, 0.717) is 24.4 Å². The molecular formula is C19H21ClN2O3. The molecule has 0 heterocycles. The first-order valence-corrected chi connectivity index (χ1v) is 8.44. The number of nitriles is 1. The Morgan fingerprint density at radius 2 is 2.16 bits per heavy atom. The van der Waals surface area contributed by atoms with E-state index in [2.05, 4.69) is 0 Å². The molecule has 0 aliphatic heterocycles. The summed E-state index contributed by atoms with van der Waals surface area (Å²) in [4.78, 5) is 26.1. The zero-order valence-electron chi connectivity index (χ0n) is 14.5. The number of carbonyl (C=O) groups excluding carboxylic acids is 2. The highest BCUT2D eigenvalue weighted by Gasteiger charge is 2.36. The van der Waals surface area contributed by atoms with Crippen LogP contribution in [0.1, 0.15) is 37.0 Å². The third kappa shape index (κ3) is 4.21. The van der Waals surface area contributed by atoms with Gasteiger partial charge in [-0.3, -0.25) is 9.59 Å². The molecule has 0 saturated heterocycles. The molecule has 0 radical (unpaired) electrons. The van der Waals surface area contributed by atoms with Gasteiger partial charge >= 0.3 is 0 Å². The Morgan fingerprint density at radius 3 is 2.76 bits per heavy atom. The Hall–Kier alpha value is -2.32. The van der Waals surface area contributed by atoms with Crippen LogP contribution >= 0.6 is 11.6 Å². The fourth-order valence-electron chi connectivity index (χ4n) is 3.11. The van der Waals surface area contributed by atoms with E-state index >= 15 is 0 Å². The number of ketones is 1. The van der Waals surface area contributed by atoms with Gasteiger partial charge in [0.2, 0.25) is 0 Å². The minimum atomic E-state index is -0.568. The summed E-state index contributed by atoms with van der Waals surface area (Å²) in [6, 6.07) is 6.35. The number of aromatic hydroxyl groups is 1. The summed E-state index contributed by atoms with van der Waals surface area (Å²) in [5.41, 5.74) is -0.175. The molecule has 2 rings (SSSR count). The van der Waals surface area contributed by atoms with E-state index in [1.54, 1.807) is 19.2 Å². The van der Waals surface area contributed by atoms with Crippen LogP contribution < -0.4 is 0 Å². The quantitative estimate of drug-likeness (QED) is 0.889. The topological polar surface area (TPSA) is 81.4 Å². The van der Waals surface area contributed by atoms with Gasteiger partial charge in [0, 0.05) is 24.0 Å². The first-order chi connectivity index (χ1) is 11.7. The van der Waals surface area contributed by atoms with Crippen LogP contribution in [0.15, 0.2) is 29.8 Å². The van der Waals surface area contributed by atoms with Crippen molar-refractivity contribution >= 4 is 23.3 Å². The molecule has 1 amide bonds. The number of rotatable bonds is 4. The zero-order chi connectivity index (χ0) is 18.8. The lowest BCUT2D eigenvalue weighted by atomic mass is 9.71. The van der Waals surface area contributed by atoms with Gasteiger partial charge in [-0.05, 0) is 37.0 Å². The summed E-state index contributed by atoms with van der Waals surface area (Å²) >= 11 is 5.78.